The third kappa shape index (κ3) is 3.33. The molecule has 0 unspecified atom stereocenters. The molecule has 0 atom stereocenters. The minimum atomic E-state index is -0.410. The van der Waals surface area contributed by atoms with Crippen molar-refractivity contribution < 1.29 is 14.3 Å². The van der Waals surface area contributed by atoms with E-state index in [2.05, 4.69) is 17.3 Å². The summed E-state index contributed by atoms with van der Waals surface area (Å²) >= 11 is 0. The number of hydrogen-bond donors (Lipinski definition) is 1. The summed E-state index contributed by atoms with van der Waals surface area (Å²) in [6.45, 7) is 6.63. The summed E-state index contributed by atoms with van der Waals surface area (Å²) in [7, 11) is 0. The highest BCUT2D eigenvalue weighted by Gasteiger charge is 2.61. The van der Waals surface area contributed by atoms with E-state index in [0.717, 1.165) is 31.4 Å². The Morgan fingerprint density at radius 3 is 2.76 bits per heavy atom. The Labute approximate surface area is 190 Å². The molecule has 2 saturated carbocycles. The van der Waals surface area contributed by atoms with E-state index in [1.54, 1.807) is 18.5 Å². The standard InChI is InChI=1S/C24H27N5O4/c1-14(2)33-18-8-20-27-19(24-11-23(3,12-24)32-13-24)10-28(20)9-16(18)21(30)26-17-6-7-25-29(22(17)31)15-4-5-15/h6-10,14-15H,4-5,11-13H2,1-3H3,(H,26,30). The van der Waals surface area contributed by atoms with Gasteiger partial charge < -0.3 is 19.2 Å². The Morgan fingerprint density at radius 1 is 1.30 bits per heavy atom. The van der Waals surface area contributed by atoms with Crippen LogP contribution in [-0.4, -0.2) is 43.4 Å². The van der Waals surface area contributed by atoms with Crippen molar-refractivity contribution >= 4 is 17.2 Å². The summed E-state index contributed by atoms with van der Waals surface area (Å²) in [5.74, 6) is 0.0226. The zero-order valence-electron chi connectivity index (χ0n) is 19.0. The van der Waals surface area contributed by atoms with Gasteiger partial charge in [0, 0.05) is 30.1 Å². The van der Waals surface area contributed by atoms with Crippen LogP contribution in [0.3, 0.4) is 0 Å². The van der Waals surface area contributed by atoms with E-state index in [1.165, 1.54) is 10.7 Å². The van der Waals surface area contributed by atoms with Gasteiger partial charge in [0.15, 0.2) is 0 Å². The van der Waals surface area contributed by atoms with Gasteiger partial charge in [0.25, 0.3) is 11.5 Å². The van der Waals surface area contributed by atoms with Crippen LogP contribution >= 0.6 is 0 Å². The first kappa shape index (κ1) is 20.4. The first-order valence-electron chi connectivity index (χ1n) is 11.5. The van der Waals surface area contributed by atoms with E-state index in [9.17, 15) is 9.59 Å². The third-order valence-electron chi connectivity index (χ3n) is 6.84. The summed E-state index contributed by atoms with van der Waals surface area (Å²) in [6.07, 6.45) is 8.90. The highest BCUT2D eigenvalue weighted by molar-refractivity contribution is 6.06. The lowest BCUT2D eigenvalue weighted by atomic mass is 9.62. The van der Waals surface area contributed by atoms with Crippen molar-refractivity contribution in [3.63, 3.8) is 0 Å². The second-order valence-corrected chi connectivity index (χ2v) is 10.2. The van der Waals surface area contributed by atoms with Gasteiger partial charge in [0.2, 0.25) is 0 Å². The Balaban J connectivity index is 1.36. The van der Waals surface area contributed by atoms with Gasteiger partial charge in [0.05, 0.1) is 35.6 Å². The summed E-state index contributed by atoms with van der Waals surface area (Å²) in [5, 5.41) is 6.90. The molecule has 5 heterocycles. The van der Waals surface area contributed by atoms with E-state index in [0.29, 0.717) is 23.6 Å². The molecule has 1 amide bonds. The number of aromatic nitrogens is 4. The van der Waals surface area contributed by atoms with Crippen molar-refractivity contribution in [1.82, 2.24) is 19.2 Å². The van der Waals surface area contributed by atoms with Gasteiger partial charge in [-0.2, -0.15) is 5.10 Å². The molecule has 2 saturated heterocycles. The molecule has 0 aromatic carbocycles. The normalized spacial score (nSPS) is 25.9. The first-order chi connectivity index (χ1) is 15.8. The number of carbonyl (C=O) groups excluding carboxylic acids is 1. The second kappa shape index (κ2) is 6.90. The quantitative estimate of drug-likeness (QED) is 0.621. The Bertz CT molecular complexity index is 1330. The molecule has 4 aliphatic rings. The van der Waals surface area contributed by atoms with E-state index in [1.807, 2.05) is 24.4 Å². The zero-order valence-corrected chi connectivity index (χ0v) is 19.0. The molecule has 0 spiro atoms. The number of fused-ring (bicyclic) bond motifs is 2. The van der Waals surface area contributed by atoms with Crippen molar-refractivity contribution in [2.75, 3.05) is 11.9 Å². The van der Waals surface area contributed by atoms with Crippen molar-refractivity contribution in [3.8, 4) is 5.75 Å². The van der Waals surface area contributed by atoms with Crippen molar-refractivity contribution in [3.05, 3.63) is 52.3 Å². The molecule has 2 aliphatic heterocycles. The molecule has 172 valence electrons. The van der Waals surface area contributed by atoms with Crippen LogP contribution in [0.1, 0.15) is 68.5 Å². The van der Waals surface area contributed by atoms with Crippen molar-refractivity contribution in [2.45, 2.75) is 69.6 Å². The third-order valence-corrected chi connectivity index (χ3v) is 6.84. The van der Waals surface area contributed by atoms with E-state index in [-0.39, 0.29) is 34.4 Å². The summed E-state index contributed by atoms with van der Waals surface area (Å²) in [5.41, 5.74) is 1.86. The number of ether oxygens (including phenoxy) is 2. The number of imidazole rings is 1. The fourth-order valence-corrected chi connectivity index (χ4v) is 5.24. The van der Waals surface area contributed by atoms with Gasteiger partial charge in [-0.25, -0.2) is 9.67 Å². The number of anilines is 1. The lowest BCUT2D eigenvalue weighted by molar-refractivity contribution is 0.0154. The predicted molar refractivity (Wildman–Crippen MR) is 121 cm³/mol. The number of nitrogens with one attached hydrogen (secondary N) is 1. The Morgan fingerprint density at radius 2 is 2.09 bits per heavy atom. The van der Waals surface area contributed by atoms with Gasteiger partial charge in [-0.15, -0.1) is 0 Å². The van der Waals surface area contributed by atoms with Crippen LogP contribution in [0, 0.1) is 0 Å². The molecule has 33 heavy (non-hydrogen) atoms. The predicted octanol–water partition coefficient (Wildman–Crippen LogP) is 3.09. The van der Waals surface area contributed by atoms with Crippen LogP contribution in [0.2, 0.25) is 0 Å². The summed E-state index contributed by atoms with van der Waals surface area (Å²) in [4.78, 5) is 30.9. The topological polar surface area (TPSA) is 99.8 Å². The van der Waals surface area contributed by atoms with Crippen molar-refractivity contribution in [1.29, 1.82) is 0 Å². The number of rotatable bonds is 6. The second-order valence-electron chi connectivity index (χ2n) is 10.2. The van der Waals surface area contributed by atoms with Gasteiger partial charge in [0.1, 0.15) is 17.1 Å². The first-order valence-corrected chi connectivity index (χ1v) is 11.5. The molecule has 1 N–H and O–H groups in total. The average Bonchev–Trinajstić information content (AvgIpc) is 3.28. The van der Waals surface area contributed by atoms with Crippen LogP contribution in [-0.2, 0) is 10.2 Å². The maximum Gasteiger partial charge on any atom is 0.290 e. The van der Waals surface area contributed by atoms with Crippen LogP contribution in [0.25, 0.3) is 5.65 Å². The molecule has 2 aliphatic carbocycles. The number of nitrogens with zero attached hydrogens (tertiary/aromatic N) is 4. The lowest BCUT2D eigenvalue weighted by Gasteiger charge is -2.41. The summed E-state index contributed by atoms with van der Waals surface area (Å²) < 4.78 is 15.2. The number of pyridine rings is 1. The van der Waals surface area contributed by atoms with Gasteiger partial charge >= 0.3 is 0 Å². The maximum atomic E-state index is 13.3. The molecule has 7 rings (SSSR count). The Kier molecular flexibility index (Phi) is 4.27. The van der Waals surface area contributed by atoms with E-state index < -0.39 is 5.91 Å². The van der Waals surface area contributed by atoms with Crippen LogP contribution in [0.5, 0.6) is 5.75 Å². The molecule has 9 heteroatoms. The van der Waals surface area contributed by atoms with Gasteiger partial charge in [-0.1, -0.05) is 0 Å². The average molecular weight is 450 g/mol. The smallest absolute Gasteiger partial charge is 0.290 e. The van der Waals surface area contributed by atoms with Crippen LogP contribution < -0.4 is 15.6 Å². The molecular formula is C24H27N5O4. The number of amides is 1. The monoisotopic (exact) mass is 449 g/mol. The fourth-order valence-electron chi connectivity index (χ4n) is 5.24. The minimum Gasteiger partial charge on any atom is -0.490 e. The SMILES string of the molecule is CC(C)Oc1cc2nc(C34COC(C)(C3)C4)cn2cc1C(=O)Nc1ccnn(C2CC2)c1=O. The lowest BCUT2D eigenvalue weighted by Crippen LogP contribution is -2.45. The molecule has 2 bridgehead atoms. The minimum absolute atomic E-state index is 0.0370. The van der Waals surface area contributed by atoms with Crippen molar-refractivity contribution in [2.24, 2.45) is 0 Å². The number of carbonyl (C=O) groups is 1. The molecular weight excluding hydrogens is 422 g/mol. The number of hydrogen-bond acceptors (Lipinski definition) is 6. The highest BCUT2D eigenvalue weighted by Crippen LogP contribution is 2.58. The molecule has 3 aromatic rings. The molecule has 3 aromatic heterocycles. The zero-order chi connectivity index (χ0) is 23.0. The highest BCUT2D eigenvalue weighted by atomic mass is 16.5. The largest absolute Gasteiger partial charge is 0.490 e. The molecule has 9 nitrogen and oxygen atoms in total. The van der Waals surface area contributed by atoms with E-state index in [4.69, 9.17) is 14.5 Å². The van der Waals surface area contributed by atoms with Crippen LogP contribution in [0.4, 0.5) is 5.69 Å². The fraction of sp³-hybridized carbons (Fsp3) is 0.500. The molecule has 0 radical (unpaired) electrons. The van der Waals surface area contributed by atoms with Gasteiger partial charge in [-0.3, -0.25) is 9.59 Å². The van der Waals surface area contributed by atoms with Gasteiger partial charge in [-0.05, 0) is 52.5 Å². The maximum absolute atomic E-state index is 13.3. The van der Waals surface area contributed by atoms with Crippen LogP contribution in [0.15, 0.2) is 35.5 Å². The summed E-state index contributed by atoms with van der Waals surface area (Å²) in [6, 6.07) is 3.45. The van der Waals surface area contributed by atoms with E-state index >= 15 is 0 Å². The Hall–Kier alpha value is -3.20. The molecule has 4 fully saturated rings.